The van der Waals surface area contributed by atoms with Gasteiger partial charge in [-0.3, -0.25) is 10.1 Å². The Labute approximate surface area is 123 Å². The minimum absolute atomic E-state index is 0.146. The second kappa shape index (κ2) is 6.74. The molecule has 0 spiro atoms. The van der Waals surface area contributed by atoms with E-state index in [9.17, 15) is 10.1 Å². The third-order valence-corrected chi connectivity index (χ3v) is 3.31. The zero-order valence-electron chi connectivity index (χ0n) is 12.1. The molecule has 110 valence electrons. The Morgan fingerprint density at radius 1 is 1.19 bits per heavy atom. The SMILES string of the molecule is COc1ccc(CCNc2cccc(C)c2[N+](=O)[O-])cc1. The van der Waals surface area contributed by atoms with Gasteiger partial charge in [-0.15, -0.1) is 0 Å². The van der Waals surface area contributed by atoms with Crippen LogP contribution in [-0.4, -0.2) is 18.6 Å². The summed E-state index contributed by atoms with van der Waals surface area (Å²) in [5, 5.41) is 14.2. The number of ether oxygens (including phenoxy) is 1. The number of nitro benzene ring substituents is 1. The van der Waals surface area contributed by atoms with Gasteiger partial charge in [-0.1, -0.05) is 24.3 Å². The Morgan fingerprint density at radius 2 is 1.90 bits per heavy atom. The second-order valence-corrected chi connectivity index (χ2v) is 4.75. The van der Waals surface area contributed by atoms with Crippen LogP contribution in [0.5, 0.6) is 5.75 Å². The van der Waals surface area contributed by atoms with Gasteiger partial charge >= 0.3 is 0 Å². The Bertz CT molecular complexity index is 624. The lowest BCUT2D eigenvalue weighted by molar-refractivity contribution is -0.384. The topological polar surface area (TPSA) is 64.4 Å². The van der Waals surface area contributed by atoms with Crippen molar-refractivity contribution in [2.75, 3.05) is 19.0 Å². The maximum absolute atomic E-state index is 11.1. The number of nitrogens with zero attached hydrogens (tertiary/aromatic N) is 1. The fourth-order valence-corrected chi connectivity index (χ4v) is 2.18. The number of rotatable bonds is 6. The summed E-state index contributed by atoms with van der Waals surface area (Å²) in [5.41, 5.74) is 2.52. The van der Waals surface area contributed by atoms with Crippen LogP contribution < -0.4 is 10.1 Å². The molecule has 0 amide bonds. The number of nitro groups is 1. The molecular weight excluding hydrogens is 268 g/mol. The lowest BCUT2D eigenvalue weighted by Gasteiger charge is -2.09. The first-order chi connectivity index (χ1) is 10.1. The summed E-state index contributed by atoms with van der Waals surface area (Å²) in [4.78, 5) is 10.8. The maximum Gasteiger partial charge on any atom is 0.295 e. The summed E-state index contributed by atoms with van der Waals surface area (Å²) in [5.74, 6) is 0.820. The minimum atomic E-state index is -0.342. The Balaban J connectivity index is 2.00. The van der Waals surface area contributed by atoms with Crippen molar-refractivity contribution in [2.24, 2.45) is 0 Å². The molecule has 0 aliphatic carbocycles. The van der Waals surface area contributed by atoms with Crippen LogP contribution in [0.4, 0.5) is 11.4 Å². The molecule has 21 heavy (non-hydrogen) atoms. The summed E-state index contributed by atoms with van der Waals surface area (Å²) < 4.78 is 5.11. The first-order valence-corrected chi connectivity index (χ1v) is 6.72. The van der Waals surface area contributed by atoms with Crippen molar-refractivity contribution in [3.05, 3.63) is 63.7 Å². The lowest BCUT2D eigenvalue weighted by Crippen LogP contribution is -2.07. The van der Waals surface area contributed by atoms with Crippen LogP contribution in [-0.2, 0) is 6.42 Å². The Morgan fingerprint density at radius 3 is 2.52 bits per heavy atom. The predicted molar refractivity (Wildman–Crippen MR) is 83.0 cm³/mol. The summed E-state index contributed by atoms with van der Waals surface area (Å²) in [7, 11) is 1.63. The zero-order chi connectivity index (χ0) is 15.2. The van der Waals surface area contributed by atoms with E-state index in [4.69, 9.17) is 4.74 Å². The largest absolute Gasteiger partial charge is 0.497 e. The third kappa shape index (κ3) is 3.72. The van der Waals surface area contributed by atoms with Crippen LogP contribution in [0.1, 0.15) is 11.1 Å². The zero-order valence-corrected chi connectivity index (χ0v) is 12.1. The van der Waals surface area contributed by atoms with Gasteiger partial charge in [-0.2, -0.15) is 0 Å². The molecule has 5 nitrogen and oxygen atoms in total. The van der Waals surface area contributed by atoms with E-state index in [-0.39, 0.29) is 10.6 Å². The van der Waals surface area contributed by atoms with E-state index in [0.717, 1.165) is 17.7 Å². The van der Waals surface area contributed by atoms with Gasteiger partial charge in [0, 0.05) is 12.1 Å². The molecule has 2 aromatic rings. The summed E-state index contributed by atoms with van der Waals surface area (Å²) >= 11 is 0. The van der Waals surface area contributed by atoms with Crippen LogP contribution in [0, 0.1) is 17.0 Å². The smallest absolute Gasteiger partial charge is 0.295 e. The first kappa shape index (κ1) is 14.8. The molecule has 0 aliphatic rings. The quantitative estimate of drug-likeness (QED) is 0.651. The van der Waals surface area contributed by atoms with Crippen molar-refractivity contribution in [3.63, 3.8) is 0 Å². The molecule has 0 saturated carbocycles. The van der Waals surface area contributed by atoms with Crippen LogP contribution in [0.25, 0.3) is 0 Å². The predicted octanol–water partition coefficient (Wildman–Crippen LogP) is 3.57. The van der Waals surface area contributed by atoms with Crippen molar-refractivity contribution in [2.45, 2.75) is 13.3 Å². The minimum Gasteiger partial charge on any atom is -0.497 e. The summed E-state index contributed by atoms with van der Waals surface area (Å²) in [6.45, 7) is 2.38. The molecule has 0 atom stereocenters. The average Bonchev–Trinajstić information content (AvgIpc) is 2.47. The number of nitrogens with one attached hydrogen (secondary N) is 1. The number of hydrogen-bond acceptors (Lipinski definition) is 4. The van der Waals surface area contributed by atoms with E-state index in [1.54, 1.807) is 26.2 Å². The van der Waals surface area contributed by atoms with Gasteiger partial charge in [0.25, 0.3) is 5.69 Å². The van der Waals surface area contributed by atoms with E-state index < -0.39 is 0 Å². The van der Waals surface area contributed by atoms with Gasteiger partial charge in [-0.05, 0) is 37.1 Å². The van der Waals surface area contributed by atoms with Gasteiger partial charge < -0.3 is 10.1 Å². The van der Waals surface area contributed by atoms with E-state index in [0.29, 0.717) is 17.8 Å². The van der Waals surface area contributed by atoms with Gasteiger partial charge in [0.15, 0.2) is 0 Å². The fraction of sp³-hybridized carbons (Fsp3) is 0.250. The summed E-state index contributed by atoms with van der Waals surface area (Å²) in [6.07, 6.45) is 0.787. The van der Waals surface area contributed by atoms with Crippen LogP contribution in [0.3, 0.4) is 0 Å². The van der Waals surface area contributed by atoms with Crippen molar-refractivity contribution >= 4 is 11.4 Å². The van der Waals surface area contributed by atoms with Crippen molar-refractivity contribution in [1.82, 2.24) is 0 Å². The molecule has 1 N–H and O–H groups in total. The highest BCUT2D eigenvalue weighted by molar-refractivity contribution is 5.65. The molecule has 2 rings (SSSR count). The maximum atomic E-state index is 11.1. The highest BCUT2D eigenvalue weighted by Crippen LogP contribution is 2.27. The second-order valence-electron chi connectivity index (χ2n) is 4.75. The number of hydrogen-bond donors (Lipinski definition) is 1. The molecule has 5 heteroatoms. The molecule has 0 aromatic heterocycles. The van der Waals surface area contributed by atoms with Crippen LogP contribution in [0.15, 0.2) is 42.5 Å². The van der Waals surface area contributed by atoms with E-state index >= 15 is 0 Å². The molecule has 0 saturated heterocycles. The monoisotopic (exact) mass is 286 g/mol. The molecule has 2 aromatic carbocycles. The normalized spacial score (nSPS) is 10.2. The Kier molecular flexibility index (Phi) is 4.77. The van der Waals surface area contributed by atoms with Crippen LogP contribution in [0.2, 0.25) is 0 Å². The molecule has 0 aliphatic heterocycles. The molecular formula is C16H18N2O3. The van der Waals surface area contributed by atoms with Gasteiger partial charge in [0.05, 0.1) is 12.0 Å². The number of benzene rings is 2. The molecule has 0 fully saturated rings. The third-order valence-electron chi connectivity index (χ3n) is 3.31. The molecule has 0 radical (unpaired) electrons. The first-order valence-electron chi connectivity index (χ1n) is 6.72. The van der Waals surface area contributed by atoms with Crippen molar-refractivity contribution < 1.29 is 9.66 Å². The summed E-state index contributed by atoms with van der Waals surface area (Å²) in [6, 6.07) is 13.1. The number of aryl methyl sites for hydroxylation is 1. The standard InChI is InChI=1S/C16H18N2O3/c1-12-4-3-5-15(16(12)18(19)20)17-11-10-13-6-8-14(21-2)9-7-13/h3-9,17H,10-11H2,1-2H3. The number of para-hydroxylation sites is 1. The van der Waals surface area contributed by atoms with Gasteiger partial charge in [-0.25, -0.2) is 0 Å². The van der Waals surface area contributed by atoms with Crippen molar-refractivity contribution in [1.29, 1.82) is 0 Å². The van der Waals surface area contributed by atoms with Gasteiger partial charge in [0.1, 0.15) is 11.4 Å². The molecule has 0 unspecified atom stereocenters. The van der Waals surface area contributed by atoms with E-state index in [1.807, 2.05) is 30.3 Å². The number of methoxy groups -OCH3 is 1. The molecule has 0 heterocycles. The number of anilines is 1. The van der Waals surface area contributed by atoms with E-state index in [1.165, 1.54) is 0 Å². The molecule has 0 bridgehead atoms. The highest BCUT2D eigenvalue weighted by atomic mass is 16.6. The van der Waals surface area contributed by atoms with Gasteiger partial charge in [0.2, 0.25) is 0 Å². The lowest BCUT2D eigenvalue weighted by atomic mass is 10.1. The van der Waals surface area contributed by atoms with Crippen molar-refractivity contribution in [3.8, 4) is 5.75 Å². The van der Waals surface area contributed by atoms with E-state index in [2.05, 4.69) is 5.32 Å². The highest BCUT2D eigenvalue weighted by Gasteiger charge is 2.15. The fourth-order valence-electron chi connectivity index (χ4n) is 2.18. The average molecular weight is 286 g/mol. The van der Waals surface area contributed by atoms with Crippen LogP contribution >= 0.6 is 0 Å². The Hall–Kier alpha value is -2.56.